The maximum absolute atomic E-state index is 13.2. The molecule has 0 aromatic carbocycles. The number of alkyl halides is 2. The maximum Gasteiger partial charge on any atom is 0.255 e. The molecule has 1 saturated carbocycles. The predicted molar refractivity (Wildman–Crippen MR) is 58.6 cm³/mol. The lowest BCUT2D eigenvalue weighted by molar-refractivity contribution is 0.0644. The first-order valence-corrected chi connectivity index (χ1v) is 6.28. The number of hydrogen-bond acceptors (Lipinski definition) is 2. The van der Waals surface area contributed by atoms with Crippen LogP contribution < -0.4 is 0 Å². The molecular weight excluding hydrogens is 212 g/mol. The molecule has 94 valence electrons. The third-order valence-corrected chi connectivity index (χ3v) is 4.41. The fourth-order valence-electron chi connectivity index (χ4n) is 3.47. The molecule has 1 spiro atoms. The van der Waals surface area contributed by atoms with Crippen LogP contribution in [0.5, 0.6) is 0 Å². The molecule has 0 aromatic heterocycles. The molecule has 2 aliphatic heterocycles. The standard InChI is InChI=1S/C10H15F2NO.C2H6/c11-10(12)5-8(10)4-9(7-14)2-1-3-13(9)6-8;1-2/h14H,1-7H2;1-2H3/t8-,9+;/m0./s1. The van der Waals surface area contributed by atoms with E-state index in [0.29, 0.717) is 13.0 Å². The first-order valence-electron chi connectivity index (χ1n) is 6.28. The zero-order valence-electron chi connectivity index (χ0n) is 10.1. The highest BCUT2D eigenvalue weighted by Crippen LogP contribution is 2.69. The molecule has 3 fully saturated rings. The van der Waals surface area contributed by atoms with Crippen molar-refractivity contribution < 1.29 is 13.9 Å². The Labute approximate surface area is 95.6 Å². The summed E-state index contributed by atoms with van der Waals surface area (Å²) in [5.74, 6) is -2.46. The highest BCUT2D eigenvalue weighted by molar-refractivity contribution is 5.21. The summed E-state index contributed by atoms with van der Waals surface area (Å²) < 4.78 is 26.4. The summed E-state index contributed by atoms with van der Waals surface area (Å²) in [5, 5.41) is 9.37. The monoisotopic (exact) mass is 233 g/mol. The van der Waals surface area contributed by atoms with Crippen LogP contribution in [-0.4, -0.2) is 41.2 Å². The van der Waals surface area contributed by atoms with Crippen molar-refractivity contribution in [3.05, 3.63) is 0 Å². The first kappa shape index (κ1) is 12.2. The molecule has 0 unspecified atom stereocenters. The summed E-state index contributed by atoms with van der Waals surface area (Å²) in [4.78, 5) is 2.09. The smallest absolute Gasteiger partial charge is 0.255 e. The predicted octanol–water partition coefficient (Wildman–Crippen LogP) is 2.27. The van der Waals surface area contributed by atoms with Crippen molar-refractivity contribution in [2.75, 3.05) is 19.7 Å². The number of nitrogens with zero attached hydrogens (tertiary/aromatic N) is 1. The summed E-state index contributed by atoms with van der Waals surface area (Å²) in [6, 6.07) is 0. The van der Waals surface area contributed by atoms with Gasteiger partial charge in [0.1, 0.15) is 0 Å². The fourth-order valence-corrected chi connectivity index (χ4v) is 3.47. The van der Waals surface area contributed by atoms with E-state index in [9.17, 15) is 13.9 Å². The van der Waals surface area contributed by atoms with Gasteiger partial charge >= 0.3 is 0 Å². The number of aliphatic hydroxyl groups is 1. The summed E-state index contributed by atoms with van der Waals surface area (Å²) in [6.45, 7) is 5.43. The van der Waals surface area contributed by atoms with Gasteiger partial charge in [0.2, 0.25) is 0 Å². The highest BCUT2D eigenvalue weighted by atomic mass is 19.3. The number of halogens is 2. The molecule has 16 heavy (non-hydrogen) atoms. The van der Waals surface area contributed by atoms with Crippen LogP contribution in [0, 0.1) is 5.41 Å². The Balaban J connectivity index is 0.000000457. The summed E-state index contributed by atoms with van der Waals surface area (Å²) in [6.07, 6.45) is 2.48. The molecule has 2 atom stereocenters. The number of hydrogen-bond donors (Lipinski definition) is 1. The van der Waals surface area contributed by atoms with Crippen molar-refractivity contribution in [1.82, 2.24) is 4.90 Å². The molecule has 4 heteroatoms. The molecule has 1 N–H and O–H groups in total. The Kier molecular flexibility index (Phi) is 2.78. The van der Waals surface area contributed by atoms with Crippen molar-refractivity contribution in [2.45, 2.75) is 51.0 Å². The Morgan fingerprint density at radius 2 is 1.88 bits per heavy atom. The van der Waals surface area contributed by atoms with Crippen molar-refractivity contribution in [2.24, 2.45) is 5.41 Å². The van der Waals surface area contributed by atoms with Gasteiger partial charge in [-0.05, 0) is 25.8 Å². The van der Waals surface area contributed by atoms with Gasteiger partial charge in [-0.15, -0.1) is 0 Å². The average molecular weight is 233 g/mol. The normalized spacial score (nSPS) is 44.1. The van der Waals surface area contributed by atoms with E-state index in [4.69, 9.17) is 0 Å². The zero-order valence-corrected chi connectivity index (χ0v) is 10.1. The number of fused-ring (bicyclic) bond motifs is 1. The van der Waals surface area contributed by atoms with Crippen molar-refractivity contribution in [3.63, 3.8) is 0 Å². The van der Waals surface area contributed by atoms with Gasteiger partial charge in [0, 0.05) is 18.5 Å². The molecule has 0 radical (unpaired) electrons. The third-order valence-electron chi connectivity index (χ3n) is 4.41. The second-order valence-corrected chi connectivity index (χ2v) is 5.25. The van der Waals surface area contributed by atoms with Crippen LogP contribution in [0.3, 0.4) is 0 Å². The Hall–Kier alpha value is -0.220. The minimum atomic E-state index is -2.46. The van der Waals surface area contributed by atoms with Gasteiger partial charge in [-0.2, -0.15) is 0 Å². The van der Waals surface area contributed by atoms with Gasteiger partial charge in [0.25, 0.3) is 5.92 Å². The van der Waals surface area contributed by atoms with E-state index < -0.39 is 11.3 Å². The number of rotatable bonds is 1. The molecule has 2 saturated heterocycles. The van der Waals surface area contributed by atoms with Crippen molar-refractivity contribution in [1.29, 1.82) is 0 Å². The van der Waals surface area contributed by atoms with E-state index in [-0.39, 0.29) is 18.6 Å². The summed E-state index contributed by atoms with van der Waals surface area (Å²) in [5.41, 5.74) is -1.06. The van der Waals surface area contributed by atoms with Gasteiger partial charge in [-0.1, -0.05) is 13.8 Å². The Bertz CT molecular complexity index is 284. The summed E-state index contributed by atoms with van der Waals surface area (Å²) in [7, 11) is 0. The average Bonchev–Trinajstić information content (AvgIpc) is 2.57. The zero-order chi connectivity index (χ0) is 12.0. The highest BCUT2D eigenvalue weighted by Gasteiger charge is 2.76. The quantitative estimate of drug-likeness (QED) is 0.751. The lowest BCUT2D eigenvalue weighted by atomic mass is 9.89. The molecule has 0 aromatic rings. The van der Waals surface area contributed by atoms with Gasteiger partial charge in [-0.3, -0.25) is 4.90 Å². The van der Waals surface area contributed by atoms with E-state index in [1.54, 1.807) is 0 Å². The molecule has 3 aliphatic rings. The fraction of sp³-hybridized carbons (Fsp3) is 1.00. The lowest BCUT2D eigenvalue weighted by Gasteiger charge is -2.29. The molecule has 1 aliphatic carbocycles. The largest absolute Gasteiger partial charge is 0.394 e. The van der Waals surface area contributed by atoms with Crippen molar-refractivity contribution in [3.8, 4) is 0 Å². The Morgan fingerprint density at radius 1 is 1.25 bits per heavy atom. The first-order chi connectivity index (χ1) is 7.54. The minimum Gasteiger partial charge on any atom is -0.394 e. The Morgan fingerprint density at radius 3 is 2.31 bits per heavy atom. The van der Waals surface area contributed by atoms with Gasteiger partial charge < -0.3 is 5.11 Å². The van der Waals surface area contributed by atoms with E-state index >= 15 is 0 Å². The SMILES string of the molecule is CC.OC[C@]12CCCN1C[C@@]1(CC1(F)F)C2. The third kappa shape index (κ3) is 1.42. The summed E-state index contributed by atoms with van der Waals surface area (Å²) >= 11 is 0. The topological polar surface area (TPSA) is 23.5 Å². The maximum atomic E-state index is 13.2. The van der Waals surface area contributed by atoms with Crippen LogP contribution >= 0.6 is 0 Å². The lowest BCUT2D eigenvalue weighted by Crippen LogP contribution is -2.41. The molecule has 0 amide bonds. The van der Waals surface area contributed by atoms with E-state index in [1.165, 1.54) is 0 Å². The van der Waals surface area contributed by atoms with E-state index in [0.717, 1.165) is 19.4 Å². The minimum absolute atomic E-state index is 0.0399. The van der Waals surface area contributed by atoms with Crippen molar-refractivity contribution >= 4 is 0 Å². The van der Waals surface area contributed by atoms with Crippen LogP contribution in [-0.2, 0) is 0 Å². The molecule has 2 nitrogen and oxygen atoms in total. The van der Waals surface area contributed by atoms with Crippen LogP contribution in [0.2, 0.25) is 0 Å². The van der Waals surface area contributed by atoms with Crippen LogP contribution in [0.4, 0.5) is 8.78 Å². The van der Waals surface area contributed by atoms with Crippen LogP contribution in [0.1, 0.15) is 39.5 Å². The van der Waals surface area contributed by atoms with Crippen LogP contribution in [0.15, 0.2) is 0 Å². The molecule has 2 heterocycles. The van der Waals surface area contributed by atoms with Crippen LogP contribution in [0.25, 0.3) is 0 Å². The van der Waals surface area contributed by atoms with E-state index in [2.05, 4.69) is 4.90 Å². The molecule has 0 bridgehead atoms. The molecule has 3 rings (SSSR count). The van der Waals surface area contributed by atoms with E-state index in [1.807, 2.05) is 13.8 Å². The van der Waals surface area contributed by atoms with Gasteiger partial charge in [0.05, 0.1) is 12.0 Å². The van der Waals surface area contributed by atoms with Gasteiger partial charge in [-0.25, -0.2) is 8.78 Å². The second kappa shape index (κ2) is 3.64. The number of aliphatic hydroxyl groups excluding tert-OH is 1. The molecular formula is C12H21F2NO. The second-order valence-electron chi connectivity index (χ2n) is 5.25. The van der Waals surface area contributed by atoms with Gasteiger partial charge in [0.15, 0.2) is 0 Å².